The number of esters is 2. The van der Waals surface area contributed by atoms with E-state index in [9.17, 15) is 9.59 Å². The minimum atomic E-state index is -0.424. The first-order valence-corrected chi connectivity index (χ1v) is 15.3. The fraction of sp³-hybridized carbons (Fsp3) is 0.429. The van der Waals surface area contributed by atoms with Crippen molar-refractivity contribution >= 4 is 23.5 Å². The molecule has 0 unspecified atom stereocenters. The van der Waals surface area contributed by atoms with Crippen LogP contribution in [0, 0.1) is 5.92 Å². The Morgan fingerprint density at radius 3 is 1.80 bits per heavy atom. The third-order valence-corrected chi connectivity index (χ3v) is 7.82. The number of hydrogen-bond acceptors (Lipinski definition) is 5. The molecule has 0 aliphatic heterocycles. The van der Waals surface area contributed by atoms with Gasteiger partial charge in [0, 0.05) is 0 Å². The Labute approximate surface area is 250 Å². The minimum Gasteiger partial charge on any atom is -0.494 e. The Morgan fingerprint density at radius 2 is 1.20 bits per heavy atom. The molecule has 0 aliphatic carbocycles. The lowest BCUT2D eigenvalue weighted by Gasteiger charge is -2.16. The van der Waals surface area contributed by atoms with E-state index in [2.05, 4.69) is 13.8 Å². The molecule has 0 heterocycles. The van der Waals surface area contributed by atoms with E-state index in [0.717, 1.165) is 29.7 Å². The van der Waals surface area contributed by atoms with Gasteiger partial charge in [-0.3, -0.25) is 0 Å². The molecule has 0 N–H and O–H groups in total. The molecule has 0 aromatic heterocycles. The lowest BCUT2D eigenvalue weighted by molar-refractivity contribution is 0.0489. The summed E-state index contributed by atoms with van der Waals surface area (Å²) in [7, 11) is 0. The fourth-order valence-electron chi connectivity index (χ4n) is 4.28. The summed E-state index contributed by atoms with van der Waals surface area (Å²) >= 11 is 6.28. The molecule has 0 radical (unpaired) electrons. The van der Waals surface area contributed by atoms with Crippen molar-refractivity contribution in [2.75, 3.05) is 13.2 Å². The summed E-state index contributed by atoms with van der Waals surface area (Å²) in [5.41, 5.74) is 2.80. The van der Waals surface area contributed by atoms with Gasteiger partial charge in [0.15, 0.2) is 0 Å². The molecule has 41 heavy (non-hydrogen) atoms. The van der Waals surface area contributed by atoms with Crippen molar-refractivity contribution in [2.45, 2.75) is 77.5 Å². The van der Waals surface area contributed by atoms with Crippen LogP contribution in [-0.2, 0) is 4.74 Å². The summed E-state index contributed by atoms with van der Waals surface area (Å²) in [4.78, 5) is 25.0. The van der Waals surface area contributed by atoms with Crippen LogP contribution in [0.15, 0.2) is 72.8 Å². The minimum absolute atomic E-state index is 0.189. The van der Waals surface area contributed by atoms with Crippen LogP contribution in [0.1, 0.15) is 92.9 Å². The highest BCUT2D eigenvalue weighted by Crippen LogP contribution is 2.24. The van der Waals surface area contributed by atoms with E-state index in [1.807, 2.05) is 31.2 Å². The van der Waals surface area contributed by atoms with Gasteiger partial charge in [0.2, 0.25) is 0 Å². The van der Waals surface area contributed by atoms with Crippen molar-refractivity contribution in [1.82, 2.24) is 0 Å². The second-order valence-electron chi connectivity index (χ2n) is 10.5. The highest BCUT2D eigenvalue weighted by molar-refractivity contribution is 6.21. The highest BCUT2D eigenvalue weighted by Gasteiger charge is 2.16. The van der Waals surface area contributed by atoms with Crippen molar-refractivity contribution < 1.29 is 23.8 Å². The largest absolute Gasteiger partial charge is 0.494 e. The van der Waals surface area contributed by atoms with Crippen molar-refractivity contribution in [1.29, 1.82) is 0 Å². The normalized spacial score (nSPS) is 12.4. The molecule has 0 saturated heterocycles. The van der Waals surface area contributed by atoms with E-state index < -0.39 is 5.97 Å². The molecular formula is C35H43ClO5. The number of ether oxygens (including phenoxy) is 3. The molecule has 0 spiro atoms. The van der Waals surface area contributed by atoms with E-state index in [1.54, 1.807) is 48.5 Å². The molecule has 0 aliphatic rings. The zero-order valence-electron chi connectivity index (χ0n) is 24.6. The zero-order valence-corrected chi connectivity index (χ0v) is 25.3. The van der Waals surface area contributed by atoms with Crippen molar-refractivity contribution in [3.63, 3.8) is 0 Å². The third-order valence-electron chi connectivity index (χ3n) is 7.26. The van der Waals surface area contributed by atoms with Crippen molar-refractivity contribution in [2.24, 2.45) is 5.92 Å². The second-order valence-corrected chi connectivity index (χ2v) is 11.0. The average Bonchev–Trinajstić information content (AvgIpc) is 3.01. The molecule has 3 aromatic rings. The van der Waals surface area contributed by atoms with Gasteiger partial charge in [-0.2, -0.15) is 0 Å². The molecule has 220 valence electrons. The molecule has 0 saturated carbocycles. The average molecular weight is 579 g/mol. The summed E-state index contributed by atoms with van der Waals surface area (Å²) < 4.78 is 16.7. The SMILES string of the molecule is CCCCCCCCCOc1ccc(C(=O)Oc2ccc(-c3ccc(C(=O)OC[C@@H](Cl)[C@@H](C)CC)cc3)cc2)cc1. The van der Waals surface area contributed by atoms with Crippen LogP contribution >= 0.6 is 11.6 Å². The van der Waals surface area contributed by atoms with E-state index in [-0.39, 0.29) is 23.9 Å². The van der Waals surface area contributed by atoms with Gasteiger partial charge in [0.05, 0.1) is 23.1 Å². The number of benzene rings is 3. The predicted octanol–water partition coefficient (Wildman–Crippen LogP) is 9.51. The van der Waals surface area contributed by atoms with Gasteiger partial charge in [-0.25, -0.2) is 9.59 Å². The summed E-state index contributed by atoms with van der Waals surface area (Å²) in [5, 5.41) is -0.200. The topological polar surface area (TPSA) is 61.8 Å². The van der Waals surface area contributed by atoms with Gasteiger partial charge in [0.1, 0.15) is 18.1 Å². The first kappa shape index (κ1) is 32.2. The molecule has 3 rings (SSSR count). The third kappa shape index (κ3) is 10.9. The molecule has 5 nitrogen and oxygen atoms in total. The molecule has 0 bridgehead atoms. The van der Waals surface area contributed by atoms with Gasteiger partial charge in [-0.05, 0) is 72.0 Å². The van der Waals surface area contributed by atoms with Crippen LogP contribution in [0.3, 0.4) is 0 Å². The first-order valence-electron chi connectivity index (χ1n) is 14.9. The van der Waals surface area contributed by atoms with Gasteiger partial charge in [-0.15, -0.1) is 11.6 Å². The van der Waals surface area contributed by atoms with E-state index >= 15 is 0 Å². The predicted molar refractivity (Wildman–Crippen MR) is 166 cm³/mol. The van der Waals surface area contributed by atoms with Gasteiger partial charge in [0.25, 0.3) is 0 Å². The van der Waals surface area contributed by atoms with Crippen LogP contribution in [-0.4, -0.2) is 30.5 Å². The molecule has 3 aromatic carbocycles. The zero-order chi connectivity index (χ0) is 29.5. The Bertz CT molecular complexity index is 1190. The maximum atomic E-state index is 12.6. The van der Waals surface area contributed by atoms with Crippen LogP contribution in [0.2, 0.25) is 0 Å². The quantitative estimate of drug-likeness (QED) is 0.0690. The van der Waals surface area contributed by atoms with Gasteiger partial charge >= 0.3 is 11.9 Å². The van der Waals surface area contributed by atoms with Crippen molar-refractivity contribution in [3.05, 3.63) is 83.9 Å². The Hall–Kier alpha value is -3.31. The first-order chi connectivity index (χ1) is 19.9. The van der Waals surface area contributed by atoms with E-state index in [1.165, 1.54) is 38.5 Å². The summed E-state index contributed by atoms with van der Waals surface area (Å²) in [5.74, 6) is 0.673. The Kier molecular flexibility index (Phi) is 13.7. The van der Waals surface area contributed by atoms with Crippen LogP contribution in [0.25, 0.3) is 11.1 Å². The number of hydrogen-bond donors (Lipinski definition) is 0. The molecule has 6 heteroatoms. The summed E-state index contributed by atoms with van der Waals surface area (Å²) in [6.45, 7) is 7.20. The highest BCUT2D eigenvalue weighted by atomic mass is 35.5. The molecule has 0 fully saturated rings. The smallest absolute Gasteiger partial charge is 0.343 e. The Balaban J connectivity index is 1.44. The summed E-state index contributed by atoms with van der Waals surface area (Å²) in [6.07, 6.45) is 9.62. The molecule has 2 atom stereocenters. The standard InChI is InChI=1S/C35H43ClO5/c1-4-6-7-8-9-10-11-24-39-31-20-18-30(19-21-31)35(38)41-32-22-16-28(17-23-32)27-12-14-29(15-13-27)34(37)40-25-33(36)26(3)5-2/h12-23,26,33H,4-11,24-25H2,1-3H3/t26-,33+/m0/s1. The molecular weight excluding hydrogens is 536 g/mol. The number of carbonyl (C=O) groups excluding carboxylic acids is 2. The van der Waals surface area contributed by atoms with Crippen LogP contribution in [0.5, 0.6) is 11.5 Å². The summed E-state index contributed by atoms with van der Waals surface area (Å²) in [6, 6.07) is 21.5. The lowest BCUT2D eigenvalue weighted by atomic mass is 10.0. The fourth-order valence-corrected chi connectivity index (χ4v) is 4.52. The monoisotopic (exact) mass is 578 g/mol. The maximum Gasteiger partial charge on any atom is 0.343 e. The number of carbonyl (C=O) groups is 2. The van der Waals surface area contributed by atoms with Crippen molar-refractivity contribution in [3.8, 4) is 22.6 Å². The van der Waals surface area contributed by atoms with E-state index in [4.69, 9.17) is 25.8 Å². The number of halogens is 1. The van der Waals surface area contributed by atoms with Gasteiger partial charge in [-0.1, -0.05) is 90.0 Å². The molecule has 0 amide bonds. The number of unbranched alkanes of at least 4 members (excludes halogenated alkanes) is 6. The number of rotatable bonds is 17. The number of alkyl halides is 1. The maximum absolute atomic E-state index is 12.6. The lowest BCUT2D eigenvalue weighted by Crippen LogP contribution is -2.20. The Morgan fingerprint density at radius 1 is 0.683 bits per heavy atom. The van der Waals surface area contributed by atoms with Crippen LogP contribution < -0.4 is 9.47 Å². The van der Waals surface area contributed by atoms with E-state index in [0.29, 0.717) is 23.5 Å². The van der Waals surface area contributed by atoms with Gasteiger partial charge < -0.3 is 14.2 Å². The second kappa shape index (κ2) is 17.5. The van der Waals surface area contributed by atoms with Crippen LogP contribution in [0.4, 0.5) is 0 Å².